The van der Waals surface area contributed by atoms with Crippen molar-refractivity contribution in [3.05, 3.63) is 70.7 Å². The van der Waals surface area contributed by atoms with Crippen molar-refractivity contribution in [2.75, 3.05) is 0 Å². The van der Waals surface area contributed by atoms with E-state index < -0.39 is 0 Å². The molecule has 0 N–H and O–H groups in total. The maximum atomic E-state index is 5.64. The van der Waals surface area contributed by atoms with E-state index in [4.69, 9.17) is 11.6 Å². The Hall–Kier alpha value is -1.27. The number of rotatable bonds is 0. The van der Waals surface area contributed by atoms with Gasteiger partial charge in [0.05, 0.1) is 0 Å². The van der Waals surface area contributed by atoms with Gasteiger partial charge in [-0.15, -0.1) is 0 Å². The molecule has 0 aliphatic rings. The van der Waals surface area contributed by atoms with Gasteiger partial charge < -0.3 is 0 Å². The Morgan fingerprint density at radius 3 is 1.67 bits per heavy atom. The highest BCUT2D eigenvalue weighted by Gasteiger charge is 1.82. The molecule has 2 aromatic carbocycles. The van der Waals surface area contributed by atoms with Gasteiger partial charge >= 0.3 is 0 Å². The fourth-order valence-corrected chi connectivity index (χ4v) is 1.38. The third-order valence-corrected chi connectivity index (χ3v) is 2.16. The molecule has 0 amide bonds. The lowest BCUT2D eigenvalue weighted by molar-refractivity contribution is 1.47. The van der Waals surface area contributed by atoms with Gasteiger partial charge in [0.2, 0.25) is 0 Å². The Labute approximate surface area is 96.5 Å². The third-order valence-electron chi connectivity index (χ3n) is 1.92. The Bertz CT molecular complexity index is 376. The van der Waals surface area contributed by atoms with Crippen molar-refractivity contribution in [3.63, 3.8) is 0 Å². The monoisotopic (exact) mass is 218 g/mol. The summed E-state index contributed by atoms with van der Waals surface area (Å²) in [6.07, 6.45) is 0. The van der Waals surface area contributed by atoms with Crippen LogP contribution in [0.1, 0.15) is 11.1 Å². The number of halogens is 1. The smallest absolute Gasteiger partial charge is 0.0408 e. The lowest BCUT2D eigenvalue weighted by atomic mass is 10.2. The van der Waals surface area contributed by atoms with Crippen molar-refractivity contribution >= 4 is 11.6 Å². The Morgan fingerprint density at radius 1 is 0.733 bits per heavy atom. The zero-order valence-corrected chi connectivity index (χ0v) is 9.83. The fraction of sp³-hybridized carbons (Fsp3) is 0.143. The van der Waals surface area contributed by atoms with Gasteiger partial charge in [-0.2, -0.15) is 0 Å². The summed E-state index contributed by atoms with van der Waals surface area (Å²) < 4.78 is 0. The van der Waals surface area contributed by atoms with Crippen LogP contribution in [0.4, 0.5) is 0 Å². The normalized spacial score (nSPS) is 9.00. The highest BCUT2D eigenvalue weighted by atomic mass is 35.5. The molecule has 0 saturated carbocycles. The highest BCUT2D eigenvalue weighted by molar-refractivity contribution is 6.30. The molecule has 0 aliphatic heterocycles. The summed E-state index contributed by atoms with van der Waals surface area (Å²) in [5, 5.41) is 0.810. The van der Waals surface area contributed by atoms with E-state index in [1.165, 1.54) is 11.1 Å². The summed E-state index contributed by atoms with van der Waals surface area (Å²) in [5.74, 6) is 0. The summed E-state index contributed by atoms with van der Waals surface area (Å²) in [6, 6.07) is 18.0. The van der Waals surface area contributed by atoms with Crippen LogP contribution < -0.4 is 0 Å². The maximum Gasteiger partial charge on any atom is 0.0408 e. The van der Waals surface area contributed by atoms with E-state index in [1.807, 2.05) is 49.4 Å². The fourth-order valence-electron chi connectivity index (χ4n) is 1.14. The summed E-state index contributed by atoms with van der Waals surface area (Å²) in [5.41, 5.74) is 2.53. The molecular formula is C14H15Cl. The van der Waals surface area contributed by atoms with Crippen LogP contribution in [-0.2, 0) is 0 Å². The molecule has 0 heterocycles. The molecular weight excluding hydrogens is 204 g/mol. The number of hydrogen-bond acceptors (Lipinski definition) is 0. The Morgan fingerprint density at radius 2 is 1.33 bits per heavy atom. The lowest BCUT2D eigenvalue weighted by Gasteiger charge is -1.88. The molecule has 78 valence electrons. The van der Waals surface area contributed by atoms with E-state index in [9.17, 15) is 0 Å². The topological polar surface area (TPSA) is 0 Å². The molecule has 0 fully saturated rings. The molecule has 0 spiro atoms. The molecule has 0 nitrogen and oxygen atoms in total. The molecule has 2 aromatic rings. The minimum absolute atomic E-state index is 0.810. The second-order valence-corrected chi connectivity index (χ2v) is 3.89. The van der Waals surface area contributed by atoms with Crippen molar-refractivity contribution in [3.8, 4) is 0 Å². The van der Waals surface area contributed by atoms with Gasteiger partial charge in [-0.25, -0.2) is 0 Å². The van der Waals surface area contributed by atoms with Crippen LogP contribution in [0.15, 0.2) is 54.6 Å². The van der Waals surface area contributed by atoms with E-state index in [0.717, 1.165) is 5.02 Å². The largest absolute Gasteiger partial charge is 0.0843 e. The number of benzene rings is 2. The van der Waals surface area contributed by atoms with Crippen LogP contribution >= 0.6 is 11.6 Å². The van der Waals surface area contributed by atoms with E-state index >= 15 is 0 Å². The zero-order chi connectivity index (χ0) is 11.1. The average molecular weight is 219 g/mol. The summed E-state index contributed by atoms with van der Waals surface area (Å²) in [6.45, 7) is 4.10. The molecule has 0 atom stereocenters. The maximum absolute atomic E-state index is 5.64. The first kappa shape index (κ1) is 11.8. The minimum atomic E-state index is 0.810. The standard InChI is InChI=1S/C7H7Cl.C7H8/c1-6-3-2-4-7(8)5-6;1-7-5-3-2-4-6-7/h2-5H,1H3;2-6H,1H3. The van der Waals surface area contributed by atoms with Crippen molar-refractivity contribution in [2.24, 2.45) is 0 Å². The molecule has 0 unspecified atom stereocenters. The molecule has 1 heteroatoms. The lowest BCUT2D eigenvalue weighted by Crippen LogP contribution is -1.66. The van der Waals surface area contributed by atoms with Crippen LogP contribution in [0.2, 0.25) is 5.02 Å². The predicted octanol–water partition coefficient (Wildman–Crippen LogP) is 4.64. The Kier molecular flexibility index (Phi) is 4.92. The molecule has 0 radical (unpaired) electrons. The van der Waals surface area contributed by atoms with Crippen LogP contribution in [0.25, 0.3) is 0 Å². The van der Waals surface area contributed by atoms with Crippen LogP contribution in [-0.4, -0.2) is 0 Å². The number of aryl methyl sites for hydroxylation is 2. The van der Waals surface area contributed by atoms with Gasteiger partial charge in [-0.1, -0.05) is 59.6 Å². The molecule has 0 aromatic heterocycles. The first-order chi connectivity index (χ1) is 7.18. The van der Waals surface area contributed by atoms with E-state index in [1.54, 1.807) is 0 Å². The van der Waals surface area contributed by atoms with Crippen LogP contribution in [0.3, 0.4) is 0 Å². The zero-order valence-electron chi connectivity index (χ0n) is 9.07. The van der Waals surface area contributed by atoms with E-state index in [2.05, 4.69) is 19.1 Å². The van der Waals surface area contributed by atoms with Gasteiger partial charge in [0.1, 0.15) is 0 Å². The highest BCUT2D eigenvalue weighted by Crippen LogP contribution is 2.08. The molecule has 0 bridgehead atoms. The number of hydrogen-bond donors (Lipinski definition) is 0. The van der Waals surface area contributed by atoms with Crippen molar-refractivity contribution in [1.82, 2.24) is 0 Å². The predicted molar refractivity (Wildman–Crippen MR) is 67.4 cm³/mol. The molecule has 2 rings (SSSR count). The van der Waals surface area contributed by atoms with Crippen LogP contribution in [0, 0.1) is 13.8 Å². The average Bonchev–Trinajstić information content (AvgIpc) is 2.19. The molecule has 0 saturated heterocycles. The van der Waals surface area contributed by atoms with E-state index in [-0.39, 0.29) is 0 Å². The SMILES string of the molecule is Cc1cccc(Cl)c1.Cc1ccccc1. The van der Waals surface area contributed by atoms with Gasteiger partial charge in [0, 0.05) is 5.02 Å². The minimum Gasteiger partial charge on any atom is -0.0843 e. The molecule has 15 heavy (non-hydrogen) atoms. The summed E-state index contributed by atoms with van der Waals surface area (Å²) >= 11 is 5.64. The van der Waals surface area contributed by atoms with Gasteiger partial charge in [-0.3, -0.25) is 0 Å². The van der Waals surface area contributed by atoms with Gasteiger partial charge in [0.25, 0.3) is 0 Å². The summed E-state index contributed by atoms with van der Waals surface area (Å²) in [4.78, 5) is 0. The molecule has 0 aliphatic carbocycles. The van der Waals surface area contributed by atoms with Gasteiger partial charge in [-0.05, 0) is 31.5 Å². The first-order valence-electron chi connectivity index (χ1n) is 4.92. The second-order valence-electron chi connectivity index (χ2n) is 3.45. The first-order valence-corrected chi connectivity index (χ1v) is 5.30. The van der Waals surface area contributed by atoms with Gasteiger partial charge in [0.15, 0.2) is 0 Å². The summed E-state index contributed by atoms with van der Waals surface area (Å²) in [7, 11) is 0. The van der Waals surface area contributed by atoms with E-state index in [0.29, 0.717) is 0 Å². The Balaban J connectivity index is 0.000000151. The van der Waals surface area contributed by atoms with Crippen molar-refractivity contribution < 1.29 is 0 Å². The van der Waals surface area contributed by atoms with Crippen LogP contribution in [0.5, 0.6) is 0 Å². The third kappa shape index (κ3) is 5.24. The quantitative estimate of drug-likeness (QED) is 0.604. The second kappa shape index (κ2) is 6.26. The van der Waals surface area contributed by atoms with Crippen molar-refractivity contribution in [1.29, 1.82) is 0 Å². The van der Waals surface area contributed by atoms with Crippen molar-refractivity contribution in [2.45, 2.75) is 13.8 Å².